The minimum absolute atomic E-state index is 0.0779. The summed E-state index contributed by atoms with van der Waals surface area (Å²) in [5, 5.41) is 2.86. The van der Waals surface area contributed by atoms with Crippen molar-refractivity contribution < 1.29 is 13.2 Å². The molecule has 1 amide bonds. The predicted octanol–water partition coefficient (Wildman–Crippen LogP) is 1.05. The Morgan fingerprint density at radius 1 is 1.41 bits per heavy atom. The average Bonchev–Trinajstić information content (AvgIpc) is 2.77. The second-order valence-corrected chi connectivity index (χ2v) is 8.55. The normalized spacial score (nSPS) is 23.1. The maximum absolute atomic E-state index is 12.2. The van der Waals surface area contributed by atoms with E-state index in [-0.39, 0.29) is 23.5 Å². The summed E-state index contributed by atoms with van der Waals surface area (Å²) >= 11 is 0. The Balaban J connectivity index is 1.63. The molecule has 2 aliphatic heterocycles. The minimum Gasteiger partial charge on any atom is -0.362 e. The summed E-state index contributed by atoms with van der Waals surface area (Å²) in [7, 11) is -2.96. The van der Waals surface area contributed by atoms with Crippen LogP contribution < -0.4 is 10.2 Å². The molecule has 0 radical (unpaired) electrons. The fourth-order valence-electron chi connectivity index (χ4n) is 3.32. The molecule has 1 aromatic carbocycles. The second kappa shape index (κ2) is 5.91. The van der Waals surface area contributed by atoms with Crippen LogP contribution in [0.2, 0.25) is 0 Å². The van der Waals surface area contributed by atoms with Gasteiger partial charge in [-0.2, -0.15) is 0 Å². The molecule has 22 heavy (non-hydrogen) atoms. The summed E-state index contributed by atoms with van der Waals surface area (Å²) < 4.78 is 22.9. The van der Waals surface area contributed by atoms with Crippen LogP contribution in [0.15, 0.2) is 18.2 Å². The van der Waals surface area contributed by atoms with Crippen molar-refractivity contribution >= 4 is 21.4 Å². The fourth-order valence-corrected chi connectivity index (χ4v) is 5.00. The van der Waals surface area contributed by atoms with E-state index < -0.39 is 9.84 Å². The largest absolute Gasteiger partial charge is 0.362 e. The molecule has 5 nitrogen and oxygen atoms in total. The summed E-state index contributed by atoms with van der Waals surface area (Å²) in [6, 6.07) is 6.11. The van der Waals surface area contributed by atoms with Crippen LogP contribution in [0, 0.1) is 6.92 Å². The zero-order valence-electron chi connectivity index (χ0n) is 12.8. The van der Waals surface area contributed by atoms with E-state index in [0.717, 1.165) is 25.1 Å². The van der Waals surface area contributed by atoms with Crippen molar-refractivity contribution in [2.24, 2.45) is 0 Å². The van der Waals surface area contributed by atoms with Crippen molar-refractivity contribution in [2.45, 2.75) is 32.2 Å². The Kier molecular flexibility index (Phi) is 4.12. The smallest absolute Gasteiger partial charge is 0.239 e. The number of sulfone groups is 1. The molecular formula is C16H22N2O3S. The van der Waals surface area contributed by atoms with E-state index in [9.17, 15) is 13.2 Å². The van der Waals surface area contributed by atoms with Crippen LogP contribution in [0.5, 0.6) is 0 Å². The van der Waals surface area contributed by atoms with Crippen LogP contribution in [0.1, 0.15) is 24.0 Å². The van der Waals surface area contributed by atoms with Crippen LogP contribution in [-0.4, -0.2) is 45.0 Å². The first-order chi connectivity index (χ1) is 10.4. The van der Waals surface area contributed by atoms with E-state index in [0.29, 0.717) is 13.0 Å². The highest BCUT2D eigenvalue weighted by Crippen LogP contribution is 2.27. The minimum atomic E-state index is -2.96. The summed E-state index contributed by atoms with van der Waals surface area (Å²) in [5.41, 5.74) is 3.66. The van der Waals surface area contributed by atoms with Crippen LogP contribution in [-0.2, 0) is 21.1 Å². The van der Waals surface area contributed by atoms with Gasteiger partial charge in [0.2, 0.25) is 5.91 Å². The van der Waals surface area contributed by atoms with Gasteiger partial charge in [0.15, 0.2) is 9.84 Å². The number of aryl methyl sites for hydroxylation is 2. The standard InChI is InChI=1S/C16H22N2O3S/c1-12-4-5-15-13(9-12)3-2-7-18(15)10-16(19)17-14-6-8-22(20,21)11-14/h4-5,9,14H,2-3,6-8,10-11H2,1H3,(H,17,19). The quantitative estimate of drug-likeness (QED) is 0.903. The molecular weight excluding hydrogens is 300 g/mol. The first-order valence-corrected chi connectivity index (χ1v) is 9.59. The maximum atomic E-state index is 12.2. The van der Waals surface area contributed by atoms with E-state index in [1.807, 2.05) is 0 Å². The van der Waals surface area contributed by atoms with Crippen molar-refractivity contribution in [3.63, 3.8) is 0 Å². The molecule has 3 rings (SSSR count). The summed E-state index contributed by atoms with van der Waals surface area (Å²) in [4.78, 5) is 14.3. The summed E-state index contributed by atoms with van der Waals surface area (Å²) in [5.74, 6) is 0.175. The number of amides is 1. The number of carbonyl (C=O) groups excluding carboxylic acids is 1. The third-order valence-electron chi connectivity index (χ3n) is 4.38. The van der Waals surface area contributed by atoms with Crippen molar-refractivity contribution in [1.82, 2.24) is 5.32 Å². The molecule has 1 N–H and O–H groups in total. The zero-order chi connectivity index (χ0) is 15.7. The number of nitrogens with one attached hydrogen (secondary N) is 1. The highest BCUT2D eigenvalue weighted by atomic mass is 32.2. The van der Waals surface area contributed by atoms with Crippen LogP contribution in [0.3, 0.4) is 0 Å². The molecule has 1 fully saturated rings. The van der Waals surface area contributed by atoms with E-state index in [1.54, 1.807) is 0 Å². The molecule has 6 heteroatoms. The molecule has 0 aliphatic carbocycles. The predicted molar refractivity (Wildman–Crippen MR) is 86.9 cm³/mol. The first-order valence-electron chi connectivity index (χ1n) is 7.77. The highest BCUT2D eigenvalue weighted by molar-refractivity contribution is 7.91. The van der Waals surface area contributed by atoms with Crippen LogP contribution in [0.25, 0.3) is 0 Å². The lowest BCUT2D eigenvalue weighted by atomic mass is 9.99. The van der Waals surface area contributed by atoms with E-state index in [1.165, 1.54) is 11.1 Å². The van der Waals surface area contributed by atoms with Gasteiger partial charge in [-0.25, -0.2) is 8.42 Å². The third kappa shape index (κ3) is 3.43. The van der Waals surface area contributed by atoms with E-state index >= 15 is 0 Å². The van der Waals surface area contributed by atoms with Gasteiger partial charge in [0, 0.05) is 18.3 Å². The van der Waals surface area contributed by atoms with Crippen molar-refractivity contribution in [3.8, 4) is 0 Å². The maximum Gasteiger partial charge on any atom is 0.239 e. The van der Waals surface area contributed by atoms with Gasteiger partial charge < -0.3 is 10.2 Å². The first kappa shape index (κ1) is 15.3. The molecule has 0 saturated carbocycles. The van der Waals surface area contributed by atoms with Gasteiger partial charge in [-0.15, -0.1) is 0 Å². The molecule has 1 saturated heterocycles. The van der Waals surface area contributed by atoms with Crippen LogP contribution in [0.4, 0.5) is 5.69 Å². The lowest BCUT2D eigenvalue weighted by molar-refractivity contribution is -0.120. The molecule has 1 atom stereocenters. The number of benzene rings is 1. The topological polar surface area (TPSA) is 66.5 Å². The number of anilines is 1. The molecule has 2 heterocycles. The number of carbonyl (C=O) groups is 1. The SMILES string of the molecule is Cc1ccc2c(c1)CCCN2CC(=O)NC1CCS(=O)(=O)C1. The van der Waals surface area contributed by atoms with Crippen LogP contribution >= 0.6 is 0 Å². The van der Waals surface area contributed by atoms with Gasteiger partial charge in [-0.05, 0) is 37.8 Å². The Bertz CT molecular complexity index is 685. The van der Waals surface area contributed by atoms with E-state index in [2.05, 4.69) is 35.3 Å². The second-order valence-electron chi connectivity index (χ2n) is 6.32. The number of nitrogens with zero attached hydrogens (tertiary/aromatic N) is 1. The molecule has 0 aromatic heterocycles. The van der Waals surface area contributed by atoms with Gasteiger partial charge in [-0.1, -0.05) is 17.7 Å². The van der Waals surface area contributed by atoms with Crippen molar-refractivity contribution in [2.75, 3.05) is 29.5 Å². The number of hydrogen-bond donors (Lipinski definition) is 1. The highest BCUT2D eigenvalue weighted by Gasteiger charge is 2.29. The average molecular weight is 322 g/mol. The van der Waals surface area contributed by atoms with Gasteiger partial charge in [0.25, 0.3) is 0 Å². The summed E-state index contributed by atoms with van der Waals surface area (Å²) in [6.07, 6.45) is 2.63. The Labute approximate surface area is 131 Å². The third-order valence-corrected chi connectivity index (χ3v) is 6.15. The summed E-state index contributed by atoms with van der Waals surface area (Å²) in [6.45, 7) is 3.24. The fraction of sp³-hybridized carbons (Fsp3) is 0.562. The van der Waals surface area contributed by atoms with Crippen molar-refractivity contribution in [3.05, 3.63) is 29.3 Å². The van der Waals surface area contributed by atoms with Gasteiger partial charge in [-0.3, -0.25) is 4.79 Å². The van der Waals surface area contributed by atoms with Crippen molar-refractivity contribution in [1.29, 1.82) is 0 Å². The monoisotopic (exact) mass is 322 g/mol. The lowest BCUT2D eigenvalue weighted by Gasteiger charge is -2.31. The number of fused-ring (bicyclic) bond motifs is 1. The Hall–Kier alpha value is -1.56. The lowest BCUT2D eigenvalue weighted by Crippen LogP contribution is -2.44. The van der Waals surface area contributed by atoms with Gasteiger partial charge >= 0.3 is 0 Å². The number of rotatable bonds is 3. The molecule has 2 aliphatic rings. The molecule has 1 unspecified atom stereocenters. The molecule has 120 valence electrons. The molecule has 0 bridgehead atoms. The van der Waals surface area contributed by atoms with E-state index in [4.69, 9.17) is 0 Å². The number of hydrogen-bond acceptors (Lipinski definition) is 4. The zero-order valence-corrected chi connectivity index (χ0v) is 13.7. The molecule has 0 spiro atoms. The van der Waals surface area contributed by atoms with Gasteiger partial charge in [0.05, 0.1) is 18.1 Å². The van der Waals surface area contributed by atoms with Gasteiger partial charge in [0.1, 0.15) is 0 Å². The Morgan fingerprint density at radius 3 is 2.95 bits per heavy atom. The molecule has 1 aromatic rings. The Morgan fingerprint density at radius 2 is 2.23 bits per heavy atom.